The van der Waals surface area contributed by atoms with Crippen molar-refractivity contribution in [3.63, 3.8) is 0 Å². The second-order valence-electron chi connectivity index (χ2n) is 7.73. The van der Waals surface area contributed by atoms with Crippen LogP contribution in [0.5, 0.6) is 5.75 Å². The molecule has 0 aliphatic carbocycles. The number of hydrogen-bond acceptors (Lipinski definition) is 5. The Morgan fingerprint density at radius 2 is 1.74 bits per heavy atom. The number of carbonyl (C=O) groups is 2. The largest absolute Gasteiger partial charge is 0.493 e. The molecule has 1 fully saturated rings. The lowest BCUT2D eigenvalue weighted by Gasteiger charge is -2.31. The van der Waals surface area contributed by atoms with E-state index in [-0.39, 0.29) is 17.7 Å². The van der Waals surface area contributed by atoms with Crippen molar-refractivity contribution in [2.24, 2.45) is 5.92 Å². The number of rotatable bonds is 8. The summed E-state index contributed by atoms with van der Waals surface area (Å²) in [5.74, 6) is -0.181. The summed E-state index contributed by atoms with van der Waals surface area (Å²) in [6.07, 6.45) is 0. The lowest BCUT2D eigenvalue weighted by Crippen LogP contribution is -2.47. The lowest BCUT2D eigenvalue weighted by molar-refractivity contribution is -0.118. The Morgan fingerprint density at radius 1 is 1.06 bits per heavy atom. The van der Waals surface area contributed by atoms with Crippen LogP contribution in [0.3, 0.4) is 0 Å². The third-order valence-corrected chi connectivity index (χ3v) is 5.18. The number of para-hydroxylation sites is 3. The molecule has 1 heterocycles. The average Bonchev–Trinajstić information content (AvgIpc) is 2.78. The summed E-state index contributed by atoms with van der Waals surface area (Å²) in [6, 6.07) is 14.1. The molecule has 1 saturated heterocycles. The average molecular weight is 426 g/mol. The summed E-state index contributed by atoms with van der Waals surface area (Å²) >= 11 is 0. The fourth-order valence-electron chi connectivity index (χ4n) is 3.56. The van der Waals surface area contributed by atoms with Crippen molar-refractivity contribution in [3.05, 3.63) is 54.1 Å². The third-order valence-electron chi connectivity index (χ3n) is 5.18. The second-order valence-corrected chi connectivity index (χ2v) is 7.73. The molecule has 3 rings (SSSR count). The number of nitrogens with one attached hydrogen (secondary N) is 2. The van der Waals surface area contributed by atoms with Gasteiger partial charge in [-0.1, -0.05) is 38.1 Å². The normalized spacial score (nSPS) is 14.8. The van der Waals surface area contributed by atoms with Crippen LogP contribution in [0.25, 0.3) is 0 Å². The predicted molar refractivity (Wildman–Crippen MR) is 122 cm³/mol. The topological polar surface area (TPSA) is 79.9 Å². The lowest BCUT2D eigenvalue weighted by atomic mass is 10.0. The molecule has 1 aliphatic rings. The molecule has 0 aromatic heterocycles. The Bertz CT molecular complexity index is 894. The van der Waals surface area contributed by atoms with Gasteiger partial charge in [-0.05, 0) is 37.1 Å². The van der Waals surface area contributed by atoms with Crippen LogP contribution >= 0.6 is 0 Å². The van der Waals surface area contributed by atoms with Crippen molar-refractivity contribution in [2.45, 2.75) is 26.8 Å². The summed E-state index contributed by atoms with van der Waals surface area (Å²) in [5.41, 5.74) is 2.09. The molecule has 1 atom stereocenters. The molecule has 31 heavy (non-hydrogen) atoms. The van der Waals surface area contributed by atoms with Crippen molar-refractivity contribution in [1.29, 1.82) is 0 Å². The van der Waals surface area contributed by atoms with Crippen LogP contribution in [-0.2, 0) is 9.53 Å². The maximum atomic E-state index is 13.2. The van der Waals surface area contributed by atoms with Gasteiger partial charge in [0.1, 0.15) is 11.8 Å². The first-order valence-corrected chi connectivity index (χ1v) is 10.8. The molecule has 2 aromatic rings. The maximum absolute atomic E-state index is 13.2. The number of ether oxygens (including phenoxy) is 2. The van der Waals surface area contributed by atoms with E-state index in [4.69, 9.17) is 9.47 Å². The van der Waals surface area contributed by atoms with E-state index in [1.165, 1.54) is 0 Å². The van der Waals surface area contributed by atoms with E-state index in [1.54, 1.807) is 18.2 Å². The Kier molecular flexibility index (Phi) is 7.89. The van der Waals surface area contributed by atoms with Crippen LogP contribution in [0, 0.1) is 5.92 Å². The summed E-state index contributed by atoms with van der Waals surface area (Å²) in [6.45, 7) is 9.00. The summed E-state index contributed by atoms with van der Waals surface area (Å²) in [5, 5.41) is 5.90. The second kappa shape index (κ2) is 10.8. The highest BCUT2D eigenvalue weighted by atomic mass is 16.5. The van der Waals surface area contributed by atoms with E-state index in [0.717, 1.165) is 24.5 Å². The number of hydrogen-bond donors (Lipinski definition) is 2. The first-order chi connectivity index (χ1) is 15.0. The zero-order valence-electron chi connectivity index (χ0n) is 18.4. The Labute approximate surface area is 183 Å². The summed E-state index contributed by atoms with van der Waals surface area (Å²) in [7, 11) is 0. The van der Waals surface area contributed by atoms with Gasteiger partial charge >= 0.3 is 0 Å². The monoisotopic (exact) mass is 425 g/mol. The Morgan fingerprint density at radius 3 is 2.45 bits per heavy atom. The van der Waals surface area contributed by atoms with E-state index in [9.17, 15) is 9.59 Å². The van der Waals surface area contributed by atoms with Gasteiger partial charge in [0.15, 0.2) is 0 Å². The SMILES string of the molecule is CCOc1ccccc1C(=O)N[C@H](C(=O)Nc1ccccc1N1CCOCC1)C(C)C. The predicted octanol–water partition coefficient (Wildman–Crippen LogP) is 3.32. The smallest absolute Gasteiger partial charge is 0.255 e. The molecule has 2 N–H and O–H groups in total. The van der Waals surface area contributed by atoms with E-state index in [2.05, 4.69) is 15.5 Å². The van der Waals surface area contributed by atoms with Crippen LogP contribution in [0.2, 0.25) is 0 Å². The number of amides is 2. The van der Waals surface area contributed by atoms with Crippen molar-refractivity contribution >= 4 is 23.2 Å². The van der Waals surface area contributed by atoms with Gasteiger partial charge in [0, 0.05) is 13.1 Å². The van der Waals surface area contributed by atoms with Gasteiger partial charge in [0.25, 0.3) is 5.91 Å². The molecular weight excluding hydrogens is 394 g/mol. The highest BCUT2D eigenvalue weighted by Gasteiger charge is 2.27. The molecule has 166 valence electrons. The molecule has 2 aromatic carbocycles. The number of anilines is 2. The van der Waals surface area contributed by atoms with Gasteiger partial charge in [0.05, 0.1) is 36.8 Å². The molecule has 1 aliphatic heterocycles. The van der Waals surface area contributed by atoms with Crippen LogP contribution in [-0.4, -0.2) is 50.8 Å². The fraction of sp³-hybridized carbons (Fsp3) is 0.417. The number of carbonyl (C=O) groups excluding carboxylic acids is 2. The van der Waals surface area contributed by atoms with Crippen molar-refractivity contribution in [1.82, 2.24) is 5.32 Å². The maximum Gasteiger partial charge on any atom is 0.255 e. The van der Waals surface area contributed by atoms with Crippen LogP contribution in [0.4, 0.5) is 11.4 Å². The minimum atomic E-state index is -0.695. The number of morpholine rings is 1. The molecule has 0 unspecified atom stereocenters. The highest BCUT2D eigenvalue weighted by molar-refractivity contribution is 6.03. The van der Waals surface area contributed by atoms with Gasteiger partial charge < -0.3 is 25.0 Å². The zero-order chi connectivity index (χ0) is 22.2. The molecule has 7 heteroatoms. The van der Waals surface area contributed by atoms with Gasteiger partial charge in [-0.25, -0.2) is 0 Å². The van der Waals surface area contributed by atoms with E-state index in [0.29, 0.717) is 31.1 Å². The van der Waals surface area contributed by atoms with E-state index in [1.807, 2.05) is 51.1 Å². The van der Waals surface area contributed by atoms with Crippen molar-refractivity contribution < 1.29 is 19.1 Å². The first-order valence-electron chi connectivity index (χ1n) is 10.8. The van der Waals surface area contributed by atoms with E-state index < -0.39 is 6.04 Å². The molecule has 0 saturated carbocycles. The standard InChI is InChI=1S/C24H31N3O4/c1-4-31-21-12-8-5-9-18(21)23(28)26-22(17(2)3)24(29)25-19-10-6-7-11-20(19)27-13-15-30-16-14-27/h5-12,17,22H,4,13-16H2,1-3H3,(H,25,29)(H,26,28)/t22-/m0/s1. The Balaban J connectivity index is 1.76. The molecule has 7 nitrogen and oxygen atoms in total. The highest BCUT2D eigenvalue weighted by Crippen LogP contribution is 2.27. The minimum Gasteiger partial charge on any atom is -0.493 e. The Hall–Kier alpha value is -3.06. The summed E-state index contributed by atoms with van der Waals surface area (Å²) < 4.78 is 11.0. The van der Waals surface area contributed by atoms with Gasteiger partial charge in [-0.15, -0.1) is 0 Å². The van der Waals surface area contributed by atoms with Gasteiger partial charge in [0.2, 0.25) is 5.91 Å². The zero-order valence-corrected chi connectivity index (χ0v) is 18.4. The van der Waals surface area contributed by atoms with Crippen LogP contribution in [0.1, 0.15) is 31.1 Å². The number of benzene rings is 2. The number of nitrogens with zero attached hydrogens (tertiary/aromatic N) is 1. The molecule has 0 radical (unpaired) electrons. The van der Waals surface area contributed by atoms with Crippen LogP contribution < -0.4 is 20.3 Å². The van der Waals surface area contributed by atoms with Crippen molar-refractivity contribution in [2.75, 3.05) is 43.1 Å². The van der Waals surface area contributed by atoms with Gasteiger partial charge in [-0.3, -0.25) is 9.59 Å². The van der Waals surface area contributed by atoms with E-state index >= 15 is 0 Å². The summed E-state index contributed by atoms with van der Waals surface area (Å²) in [4.78, 5) is 28.3. The molecular formula is C24H31N3O4. The quantitative estimate of drug-likeness (QED) is 0.678. The minimum absolute atomic E-state index is 0.0984. The van der Waals surface area contributed by atoms with Crippen LogP contribution in [0.15, 0.2) is 48.5 Å². The first kappa shape index (κ1) is 22.6. The molecule has 0 spiro atoms. The molecule has 0 bridgehead atoms. The van der Waals surface area contributed by atoms with Crippen molar-refractivity contribution in [3.8, 4) is 5.75 Å². The molecule has 2 amide bonds. The third kappa shape index (κ3) is 5.76. The fourth-order valence-corrected chi connectivity index (χ4v) is 3.56. The van der Waals surface area contributed by atoms with Gasteiger partial charge in [-0.2, -0.15) is 0 Å².